The number of hydrogen-bond acceptors (Lipinski definition) is 4. The zero-order chi connectivity index (χ0) is 13.3. The van der Waals surface area contributed by atoms with Crippen molar-refractivity contribution in [1.29, 1.82) is 0 Å². The van der Waals surface area contributed by atoms with Crippen LogP contribution in [0.15, 0.2) is 27.4 Å². The van der Waals surface area contributed by atoms with Crippen LogP contribution in [0, 0.1) is 6.92 Å². The van der Waals surface area contributed by atoms with E-state index >= 15 is 0 Å². The number of esters is 1. The average Bonchev–Trinajstić information content (AvgIpc) is 2.27. The molecule has 0 amide bonds. The van der Waals surface area contributed by atoms with Gasteiger partial charge in [-0.15, -0.1) is 0 Å². The molecule has 1 aromatic heterocycles. The van der Waals surface area contributed by atoms with E-state index in [-0.39, 0.29) is 0 Å². The lowest BCUT2D eigenvalue weighted by Crippen LogP contribution is -2.05. The number of aryl methyl sites for hydroxylation is 1. The summed E-state index contributed by atoms with van der Waals surface area (Å²) >= 11 is 3.32. The molecule has 1 heterocycles. The molecule has 94 valence electrons. The van der Waals surface area contributed by atoms with E-state index in [2.05, 4.69) is 15.9 Å². The Balaban J connectivity index is 2.78. The van der Waals surface area contributed by atoms with Crippen molar-refractivity contribution < 1.29 is 13.9 Å². The minimum Gasteiger partial charge on any atom is -0.426 e. The smallest absolute Gasteiger partial charge is 0.336 e. The summed E-state index contributed by atoms with van der Waals surface area (Å²) in [6.07, 6.45) is 0. The summed E-state index contributed by atoms with van der Waals surface area (Å²) in [6.45, 7) is 3.16. The van der Waals surface area contributed by atoms with Gasteiger partial charge in [0, 0.05) is 29.3 Å². The second-order valence-electron chi connectivity index (χ2n) is 3.89. The highest BCUT2D eigenvalue weighted by Crippen LogP contribution is 2.30. The molecule has 0 bridgehead atoms. The molecule has 0 spiro atoms. The molecule has 0 aliphatic heterocycles. The Morgan fingerprint density at radius 1 is 1.44 bits per heavy atom. The van der Waals surface area contributed by atoms with Gasteiger partial charge in [-0.25, -0.2) is 4.79 Å². The Morgan fingerprint density at radius 2 is 2.17 bits per heavy atom. The summed E-state index contributed by atoms with van der Waals surface area (Å²) in [5.41, 5.74) is 1.53. The molecular weight excluding hydrogens is 300 g/mol. The molecule has 4 nitrogen and oxygen atoms in total. The largest absolute Gasteiger partial charge is 0.426 e. The van der Waals surface area contributed by atoms with Crippen LogP contribution in [0.3, 0.4) is 0 Å². The van der Waals surface area contributed by atoms with E-state index in [0.29, 0.717) is 22.2 Å². The highest BCUT2D eigenvalue weighted by molar-refractivity contribution is 9.08. The van der Waals surface area contributed by atoms with Crippen LogP contribution in [0.4, 0.5) is 0 Å². The first-order valence-electron chi connectivity index (χ1n) is 5.33. The van der Waals surface area contributed by atoms with Crippen LogP contribution in [0.2, 0.25) is 0 Å². The van der Waals surface area contributed by atoms with Gasteiger partial charge >= 0.3 is 11.6 Å². The summed E-state index contributed by atoms with van der Waals surface area (Å²) in [6, 6.07) is 4.91. The molecule has 0 aliphatic carbocycles. The Bertz CT molecular complexity index is 672. The van der Waals surface area contributed by atoms with Crippen molar-refractivity contribution in [2.24, 2.45) is 0 Å². The Hall–Kier alpha value is -1.62. The van der Waals surface area contributed by atoms with Crippen molar-refractivity contribution in [3.8, 4) is 5.75 Å². The van der Waals surface area contributed by atoms with Crippen LogP contribution in [-0.2, 0) is 10.1 Å². The van der Waals surface area contributed by atoms with Crippen molar-refractivity contribution in [3.63, 3.8) is 0 Å². The first-order valence-corrected chi connectivity index (χ1v) is 6.46. The average molecular weight is 311 g/mol. The van der Waals surface area contributed by atoms with Gasteiger partial charge in [0.25, 0.3) is 0 Å². The molecule has 0 aliphatic rings. The molecule has 0 N–H and O–H groups in total. The molecule has 2 rings (SSSR count). The summed E-state index contributed by atoms with van der Waals surface area (Å²) in [4.78, 5) is 22.4. The van der Waals surface area contributed by atoms with Gasteiger partial charge in [-0.3, -0.25) is 4.79 Å². The van der Waals surface area contributed by atoms with E-state index in [0.717, 1.165) is 10.9 Å². The van der Waals surface area contributed by atoms with Crippen LogP contribution >= 0.6 is 15.9 Å². The molecule has 0 saturated heterocycles. The number of benzene rings is 1. The summed E-state index contributed by atoms with van der Waals surface area (Å²) < 4.78 is 10.3. The maximum Gasteiger partial charge on any atom is 0.336 e. The third-order valence-electron chi connectivity index (χ3n) is 2.57. The van der Waals surface area contributed by atoms with E-state index in [4.69, 9.17) is 9.15 Å². The molecule has 0 radical (unpaired) electrons. The third-order valence-corrected chi connectivity index (χ3v) is 3.13. The van der Waals surface area contributed by atoms with Crippen molar-refractivity contribution in [3.05, 3.63) is 39.7 Å². The number of carbonyl (C=O) groups is 1. The molecule has 5 heteroatoms. The SMILES string of the molecule is CC(=O)Oc1ccc2c(C)cc(=O)oc2c1CBr. The fourth-order valence-electron chi connectivity index (χ4n) is 1.80. The lowest BCUT2D eigenvalue weighted by atomic mass is 10.1. The molecule has 0 saturated carbocycles. The predicted molar refractivity (Wildman–Crippen MR) is 71.2 cm³/mol. The molecule has 1 aromatic carbocycles. The maximum absolute atomic E-state index is 11.4. The van der Waals surface area contributed by atoms with Crippen molar-refractivity contribution in [1.82, 2.24) is 0 Å². The summed E-state index contributed by atoms with van der Waals surface area (Å²) in [7, 11) is 0. The Kier molecular flexibility index (Phi) is 3.52. The van der Waals surface area contributed by atoms with Crippen LogP contribution < -0.4 is 10.4 Å². The first-order chi connectivity index (χ1) is 8.52. The number of rotatable bonds is 2. The van der Waals surface area contributed by atoms with Gasteiger partial charge in [0.1, 0.15) is 11.3 Å². The lowest BCUT2D eigenvalue weighted by molar-refractivity contribution is -0.131. The van der Waals surface area contributed by atoms with Gasteiger partial charge in [-0.1, -0.05) is 15.9 Å². The Morgan fingerprint density at radius 3 is 2.78 bits per heavy atom. The molecule has 2 aromatic rings. The van der Waals surface area contributed by atoms with Crippen molar-refractivity contribution >= 4 is 32.9 Å². The zero-order valence-corrected chi connectivity index (χ0v) is 11.5. The first kappa shape index (κ1) is 12.8. The molecule has 0 unspecified atom stereocenters. The molecule has 18 heavy (non-hydrogen) atoms. The molecule has 0 atom stereocenters. The second-order valence-corrected chi connectivity index (χ2v) is 4.46. The molecule has 0 fully saturated rings. The maximum atomic E-state index is 11.4. The Labute approximate surface area is 112 Å². The highest BCUT2D eigenvalue weighted by atomic mass is 79.9. The van der Waals surface area contributed by atoms with Crippen LogP contribution in [-0.4, -0.2) is 5.97 Å². The van der Waals surface area contributed by atoms with Crippen LogP contribution in [0.1, 0.15) is 18.1 Å². The normalized spacial score (nSPS) is 10.6. The fourth-order valence-corrected chi connectivity index (χ4v) is 2.33. The molecular formula is C13H11BrO4. The van der Waals surface area contributed by atoms with Gasteiger partial charge in [0.2, 0.25) is 0 Å². The minimum atomic E-state index is -0.415. The van der Waals surface area contributed by atoms with Gasteiger partial charge in [0.15, 0.2) is 0 Å². The van der Waals surface area contributed by atoms with E-state index in [1.165, 1.54) is 13.0 Å². The van der Waals surface area contributed by atoms with E-state index in [1.54, 1.807) is 12.1 Å². The van der Waals surface area contributed by atoms with Gasteiger partial charge in [0.05, 0.1) is 0 Å². The number of halogens is 1. The number of hydrogen-bond donors (Lipinski definition) is 0. The van der Waals surface area contributed by atoms with Gasteiger partial charge in [-0.2, -0.15) is 0 Å². The predicted octanol–water partition coefficient (Wildman–Crippen LogP) is 2.92. The van der Waals surface area contributed by atoms with Crippen LogP contribution in [0.25, 0.3) is 11.0 Å². The van der Waals surface area contributed by atoms with E-state index in [1.807, 2.05) is 6.92 Å². The summed E-state index contributed by atoms with van der Waals surface area (Å²) in [5, 5.41) is 1.26. The van der Waals surface area contributed by atoms with E-state index in [9.17, 15) is 9.59 Å². The van der Waals surface area contributed by atoms with Gasteiger partial charge in [-0.05, 0) is 24.6 Å². The minimum absolute atomic E-state index is 0.403. The zero-order valence-electron chi connectivity index (χ0n) is 9.95. The fraction of sp³-hybridized carbons (Fsp3) is 0.231. The third kappa shape index (κ3) is 2.31. The number of alkyl halides is 1. The monoisotopic (exact) mass is 310 g/mol. The number of carbonyl (C=O) groups excluding carboxylic acids is 1. The van der Waals surface area contributed by atoms with Crippen molar-refractivity contribution in [2.45, 2.75) is 19.2 Å². The lowest BCUT2D eigenvalue weighted by Gasteiger charge is -2.10. The van der Waals surface area contributed by atoms with Gasteiger partial charge < -0.3 is 9.15 Å². The highest BCUT2D eigenvalue weighted by Gasteiger charge is 2.13. The standard InChI is InChI=1S/C13H11BrO4/c1-7-5-12(16)18-13-9(7)3-4-11(10(13)6-14)17-8(2)15/h3-5H,6H2,1-2H3. The topological polar surface area (TPSA) is 56.5 Å². The quantitative estimate of drug-likeness (QED) is 0.370. The van der Waals surface area contributed by atoms with Crippen LogP contribution in [0.5, 0.6) is 5.75 Å². The van der Waals surface area contributed by atoms with Crippen molar-refractivity contribution in [2.75, 3.05) is 0 Å². The number of fused-ring (bicyclic) bond motifs is 1. The number of ether oxygens (including phenoxy) is 1. The van der Waals surface area contributed by atoms with E-state index < -0.39 is 11.6 Å². The second kappa shape index (κ2) is 4.94. The summed E-state index contributed by atoms with van der Waals surface area (Å²) in [5.74, 6) is -0.00725.